The topological polar surface area (TPSA) is 96.5 Å². The van der Waals surface area contributed by atoms with Gasteiger partial charge in [0.15, 0.2) is 0 Å². The number of nitriles is 1. The van der Waals surface area contributed by atoms with Crippen molar-refractivity contribution >= 4 is 5.69 Å². The quantitative estimate of drug-likeness (QED) is 0.577. The largest absolute Gasteiger partial charge is 0.394 e. The summed E-state index contributed by atoms with van der Waals surface area (Å²) < 4.78 is 0. The molecule has 5 heteroatoms. The van der Waals surface area contributed by atoms with Crippen LogP contribution in [-0.2, 0) is 0 Å². The van der Waals surface area contributed by atoms with Crippen LogP contribution in [0.5, 0.6) is 0 Å². The van der Waals surface area contributed by atoms with Crippen LogP contribution in [0, 0.1) is 18.3 Å². The summed E-state index contributed by atoms with van der Waals surface area (Å²) in [4.78, 5) is 0. The Morgan fingerprint density at radius 1 is 1.24 bits per heavy atom. The monoisotopic (exact) mass is 236 g/mol. The number of aliphatic hydroxyl groups excluding tert-OH is 3. The first-order valence-corrected chi connectivity index (χ1v) is 5.22. The number of nitrogens with one attached hydrogen (secondary N) is 1. The maximum Gasteiger partial charge on any atom is 0.107 e. The van der Waals surface area contributed by atoms with Gasteiger partial charge in [-0.2, -0.15) is 5.26 Å². The number of aryl methyl sites for hydroxylation is 1. The zero-order valence-corrected chi connectivity index (χ0v) is 9.64. The fraction of sp³-hybridized carbons (Fsp3) is 0.417. The van der Waals surface area contributed by atoms with Gasteiger partial charge in [-0.05, 0) is 24.6 Å². The van der Waals surface area contributed by atoms with E-state index in [0.29, 0.717) is 11.3 Å². The molecule has 4 N–H and O–H groups in total. The lowest BCUT2D eigenvalue weighted by atomic mass is 10.0. The van der Waals surface area contributed by atoms with Crippen molar-refractivity contribution in [1.29, 1.82) is 5.26 Å². The molecule has 0 atom stereocenters. The van der Waals surface area contributed by atoms with E-state index < -0.39 is 25.4 Å². The van der Waals surface area contributed by atoms with Crippen LogP contribution in [0.1, 0.15) is 11.1 Å². The summed E-state index contributed by atoms with van der Waals surface area (Å²) in [7, 11) is 0. The van der Waals surface area contributed by atoms with Crippen molar-refractivity contribution in [2.75, 3.05) is 25.1 Å². The fourth-order valence-corrected chi connectivity index (χ4v) is 1.41. The van der Waals surface area contributed by atoms with Crippen LogP contribution in [0.2, 0.25) is 0 Å². The minimum absolute atomic E-state index is 0.398. The predicted octanol–water partition coefficient (Wildman–Crippen LogP) is -0.00570. The van der Waals surface area contributed by atoms with Crippen molar-refractivity contribution in [2.45, 2.75) is 12.5 Å². The number of benzene rings is 1. The van der Waals surface area contributed by atoms with Crippen LogP contribution in [0.15, 0.2) is 18.2 Å². The van der Waals surface area contributed by atoms with E-state index >= 15 is 0 Å². The summed E-state index contributed by atoms with van der Waals surface area (Å²) in [6.07, 6.45) is 0. The minimum atomic E-state index is -1.22. The van der Waals surface area contributed by atoms with Crippen molar-refractivity contribution in [3.63, 3.8) is 0 Å². The summed E-state index contributed by atoms with van der Waals surface area (Å²) in [6.45, 7) is 0.571. The molecule has 0 saturated heterocycles. The van der Waals surface area contributed by atoms with Gasteiger partial charge in [0.05, 0.1) is 31.1 Å². The number of hydrogen-bond donors (Lipinski definition) is 4. The number of aliphatic hydroxyl groups is 3. The zero-order chi connectivity index (χ0) is 12.9. The van der Waals surface area contributed by atoms with Crippen LogP contribution < -0.4 is 5.32 Å². The number of hydrogen-bond acceptors (Lipinski definition) is 5. The first-order valence-electron chi connectivity index (χ1n) is 5.22. The van der Waals surface area contributed by atoms with E-state index in [9.17, 15) is 15.3 Å². The van der Waals surface area contributed by atoms with Gasteiger partial charge in [0.2, 0.25) is 0 Å². The maximum absolute atomic E-state index is 9.21. The lowest BCUT2D eigenvalue weighted by Gasteiger charge is -2.30. The Balaban J connectivity index is 3.09. The number of rotatable bonds is 5. The molecule has 5 nitrogen and oxygen atoms in total. The molecule has 0 aliphatic carbocycles. The first kappa shape index (κ1) is 13.5. The summed E-state index contributed by atoms with van der Waals surface area (Å²) >= 11 is 0. The first-order chi connectivity index (χ1) is 8.10. The molecule has 0 amide bonds. The standard InChI is InChI=1S/C12H16N2O3/c1-9-2-3-10(5-13)11(4-9)14-12(6-15,7-16)8-17/h2-4,14-17H,6-8H2,1H3. The molecule has 0 radical (unpaired) electrons. The van der Waals surface area contributed by atoms with E-state index in [1.807, 2.05) is 13.0 Å². The van der Waals surface area contributed by atoms with E-state index in [2.05, 4.69) is 5.32 Å². The highest BCUT2D eigenvalue weighted by molar-refractivity contribution is 5.60. The Kier molecular flexibility index (Phi) is 4.46. The van der Waals surface area contributed by atoms with Crippen molar-refractivity contribution in [2.24, 2.45) is 0 Å². The highest BCUT2D eigenvalue weighted by Crippen LogP contribution is 2.21. The van der Waals surface area contributed by atoms with E-state index in [1.54, 1.807) is 18.2 Å². The highest BCUT2D eigenvalue weighted by Gasteiger charge is 2.28. The maximum atomic E-state index is 9.21. The smallest absolute Gasteiger partial charge is 0.107 e. The second kappa shape index (κ2) is 5.64. The van der Waals surface area contributed by atoms with Gasteiger partial charge in [-0.25, -0.2) is 0 Å². The Morgan fingerprint density at radius 2 is 1.82 bits per heavy atom. The molecule has 0 aromatic heterocycles. The van der Waals surface area contributed by atoms with Crippen LogP contribution in [-0.4, -0.2) is 40.7 Å². The summed E-state index contributed by atoms with van der Waals surface area (Å²) in [5.41, 5.74) is 0.605. The molecule has 1 aromatic rings. The predicted molar refractivity (Wildman–Crippen MR) is 63.5 cm³/mol. The molecule has 0 unspecified atom stereocenters. The third-order valence-corrected chi connectivity index (χ3v) is 2.60. The van der Waals surface area contributed by atoms with Crippen molar-refractivity contribution in [3.8, 4) is 6.07 Å². The molecular weight excluding hydrogens is 220 g/mol. The van der Waals surface area contributed by atoms with Gasteiger partial charge in [0.1, 0.15) is 11.6 Å². The van der Waals surface area contributed by atoms with E-state index in [-0.39, 0.29) is 0 Å². The molecule has 0 spiro atoms. The minimum Gasteiger partial charge on any atom is -0.394 e. The average molecular weight is 236 g/mol. The fourth-order valence-electron chi connectivity index (χ4n) is 1.41. The van der Waals surface area contributed by atoms with Crippen molar-refractivity contribution < 1.29 is 15.3 Å². The Labute approximate surface area is 99.9 Å². The lowest BCUT2D eigenvalue weighted by Crippen LogP contribution is -2.49. The molecule has 0 fully saturated rings. The van der Waals surface area contributed by atoms with Gasteiger partial charge in [-0.15, -0.1) is 0 Å². The third-order valence-electron chi connectivity index (χ3n) is 2.60. The number of nitrogens with zero attached hydrogens (tertiary/aromatic N) is 1. The second-order valence-corrected chi connectivity index (χ2v) is 4.04. The molecule has 17 heavy (non-hydrogen) atoms. The zero-order valence-electron chi connectivity index (χ0n) is 9.64. The number of anilines is 1. The molecule has 0 aliphatic heterocycles. The van der Waals surface area contributed by atoms with Crippen molar-refractivity contribution in [1.82, 2.24) is 0 Å². The van der Waals surface area contributed by atoms with E-state index in [1.165, 1.54) is 0 Å². The van der Waals surface area contributed by atoms with Gasteiger partial charge in [0, 0.05) is 0 Å². The van der Waals surface area contributed by atoms with Crippen LogP contribution in [0.4, 0.5) is 5.69 Å². The van der Waals surface area contributed by atoms with E-state index in [4.69, 9.17) is 5.26 Å². The van der Waals surface area contributed by atoms with Crippen LogP contribution in [0.25, 0.3) is 0 Å². The lowest BCUT2D eigenvalue weighted by molar-refractivity contribution is 0.0833. The molecule has 0 aliphatic rings. The Bertz CT molecular complexity index is 414. The summed E-state index contributed by atoms with van der Waals surface area (Å²) in [5, 5.41) is 39.4. The van der Waals surface area contributed by atoms with E-state index in [0.717, 1.165) is 5.56 Å². The Hall–Kier alpha value is -1.61. The molecule has 92 valence electrons. The molecule has 0 saturated carbocycles. The summed E-state index contributed by atoms with van der Waals surface area (Å²) in [6, 6.07) is 7.18. The highest BCUT2D eigenvalue weighted by atomic mass is 16.3. The third kappa shape index (κ3) is 2.94. The average Bonchev–Trinajstić information content (AvgIpc) is 2.36. The summed E-state index contributed by atoms with van der Waals surface area (Å²) in [5.74, 6) is 0. The van der Waals surface area contributed by atoms with Gasteiger partial charge < -0.3 is 20.6 Å². The van der Waals surface area contributed by atoms with Gasteiger partial charge in [0.25, 0.3) is 0 Å². The molecular formula is C12H16N2O3. The SMILES string of the molecule is Cc1ccc(C#N)c(NC(CO)(CO)CO)c1. The van der Waals surface area contributed by atoms with Gasteiger partial charge >= 0.3 is 0 Å². The van der Waals surface area contributed by atoms with Crippen molar-refractivity contribution in [3.05, 3.63) is 29.3 Å². The van der Waals surface area contributed by atoms with Gasteiger partial charge in [-0.3, -0.25) is 0 Å². The second-order valence-electron chi connectivity index (χ2n) is 4.04. The molecule has 0 heterocycles. The molecule has 1 rings (SSSR count). The van der Waals surface area contributed by atoms with Gasteiger partial charge in [-0.1, -0.05) is 6.07 Å². The molecule has 0 bridgehead atoms. The Morgan fingerprint density at radius 3 is 2.29 bits per heavy atom. The molecule has 1 aromatic carbocycles. The van der Waals surface area contributed by atoms with Crippen LogP contribution >= 0.6 is 0 Å². The normalized spacial score (nSPS) is 11.0. The van der Waals surface area contributed by atoms with Crippen LogP contribution in [0.3, 0.4) is 0 Å².